The molecule has 16 heavy (non-hydrogen) atoms. The van der Waals surface area contributed by atoms with E-state index in [4.69, 9.17) is 0 Å². The average molecular weight is 253 g/mol. The van der Waals surface area contributed by atoms with E-state index in [0.29, 0.717) is 0 Å². The number of hydrogen-bond acceptors (Lipinski definition) is 6. The number of rotatable bonds is 2. The van der Waals surface area contributed by atoms with Gasteiger partial charge in [-0.05, 0) is 6.07 Å². The van der Waals surface area contributed by atoms with Crippen molar-refractivity contribution in [3.63, 3.8) is 0 Å². The van der Waals surface area contributed by atoms with Crippen LogP contribution in [0.1, 0.15) is 10.4 Å². The van der Waals surface area contributed by atoms with Crippen molar-refractivity contribution in [1.29, 1.82) is 0 Å². The molecule has 0 aliphatic rings. The molecule has 0 spiro atoms. The SMILES string of the molecule is O=C(c1cccc([N+](=O)[O-])c1)S(=O)(=O)[O-].[Na+]. The summed E-state index contributed by atoms with van der Waals surface area (Å²) in [4.78, 5) is 20.4. The van der Waals surface area contributed by atoms with Gasteiger partial charge in [-0.3, -0.25) is 14.9 Å². The predicted octanol–water partition coefficient (Wildman–Crippen LogP) is -2.72. The first-order valence-electron chi connectivity index (χ1n) is 3.57. The summed E-state index contributed by atoms with van der Waals surface area (Å²) in [5, 5.41) is 8.62. The van der Waals surface area contributed by atoms with E-state index in [-0.39, 0.29) is 29.6 Å². The Labute approximate surface area is 113 Å². The van der Waals surface area contributed by atoms with Crippen LogP contribution >= 0.6 is 0 Å². The second-order valence-electron chi connectivity index (χ2n) is 2.55. The molecule has 0 amide bonds. The predicted molar refractivity (Wildman–Crippen MR) is 47.1 cm³/mol. The van der Waals surface area contributed by atoms with E-state index in [1.54, 1.807) is 0 Å². The Kier molecular flexibility index (Phi) is 5.23. The molecule has 0 aliphatic heterocycles. The molecule has 0 radical (unpaired) electrons. The summed E-state index contributed by atoms with van der Waals surface area (Å²) >= 11 is 0. The molecule has 0 saturated heterocycles. The van der Waals surface area contributed by atoms with E-state index in [0.717, 1.165) is 24.3 Å². The molecular formula is C7H4NNaO6S. The van der Waals surface area contributed by atoms with E-state index < -0.39 is 31.4 Å². The zero-order valence-corrected chi connectivity index (χ0v) is 10.9. The molecule has 7 nitrogen and oxygen atoms in total. The van der Waals surface area contributed by atoms with Crippen LogP contribution in [0.4, 0.5) is 5.69 Å². The third-order valence-corrected chi connectivity index (χ3v) is 2.21. The molecular weight excluding hydrogens is 249 g/mol. The van der Waals surface area contributed by atoms with Crippen LogP contribution in [0, 0.1) is 10.1 Å². The van der Waals surface area contributed by atoms with Gasteiger partial charge in [0.05, 0.1) is 4.92 Å². The fourth-order valence-corrected chi connectivity index (χ4v) is 1.31. The standard InChI is InChI=1S/C7H5NO6S.Na/c9-7(15(12,13)14)5-2-1-3-6(4-5)8(10)11;/h1-4H,(H,12,13,14);/q;+1/p-1. The van der Waals surface area contributed by atoms with Crippen LogP contribution in [0.5, 0.6) is 0 Å². The zero-order chi connectivity index (χ0) is 11.6. The molecule has 0 N–H and O–H groups in total. The summed E-state index contributed by atoms with van der Waals surface area (Å²) in [5.74, 6) is 0. The first-order valence-corrected chi connectivity index (χ1v) is 4.98. The molecule has 0 bridgehead atoms. The minimum absolute atomic E-state index is 0. The topological polar surface area (TPSA) is 117 Å². The number of hydrogen-bond donors (Lipinski definition) is 0. The first-order chi connectivity index (χ1) is 6.82. The summed E-state index contributed by atoms with van der Waals surface area (Å²) in [6.45, 7) is 0. The average Bonchev–Trinajstić information content (AvgIpc) is 2.15. The number of carbonyl (C=O) groups is 1. The maximum atomic E-state index is 10.9. The van der Waals surface area contributed by atoms with Crippen molar-refractivity contribution >= 4 is 20.9 Å². The molecule has 1 aromatic rings. The normalized spacial score (nSPS) is 10.3. The maximum absolute atomic E-state index is 10.9. The third-order valence-electron chi connectivity index (χ3n) is 1.52. The minimum atomic E-state index is -5.11. The fourth-order valence-electron chi connectivity index (χ4n) is 0.891. The van der Waals surface area contributed by atoms with E-state index in [9.17, 15) is 27.9 Å². The molecule has 0 heterocycles. The van der Waals surface area contributed by atoms with E-state index in [1.807, 2.05) is 0 Å². The van der Waals surface area contributed by atoms with Crippen LogP contribution in [0.3, 0.4) is 0 Å². The molecule has 1 aromatic carbocycles. The van der Waals surface area contributed by atoms with Gasteiger partial charge in [-0.15, -0.1) is 0 Å². The van der Waals surface area contributed by atoms with Crippen molar-refractivity contribution < 1.29 is 52.2 Å². The Morgan fingerprint density at radius 3 is 2.31 bits per heavy atom. The van der Waals surface area contributed by atoms with Gasteiger partial charge in [0.25, 0.3) is 10.8 Å². The van der Waals surface area contributed by atoms with Gasteiger partial charge in [0, 0.05) is 17.7 Å². The van der Waals surface area contributed by atoms with Crippen molar-refractivity contribution in [2.75, 3.05) is 0 Å². The maximum Gasteiger partial charge on any atom is 1.00 e. The van der Waals surface area contributed by atoms with Gasteiger partial charge in [0.15, 0.2) is 10.1 Å². The summed E-state index contributed by atoms with van der Waals surface area (Å²) in [6.07, 6.45) is 0. The molecule has 0 aliphatic carbocycles. The molecule has 1 rings (SSSR count). The molecule has 9 heteroatoms. The summed E-state index contributed by atoms with van der Waals surface area (Å²) < 4.78 is 31.0. The minimum Gasteiger partial charge on any atom is -0.742 e. The number of carbonyl (C=O) groups excluding carboxylic acids is 1. The van der Waals surface area contributed by atoms with Gasteiger partial charge < -0.3 is 4.55 Å². The van der Waals surface area contributed by atoms with Crippen molar-refractivity contribution in [1.82, 2.24) is 0 Å². The van der Waals surface area contributed by atoms with Crippen molar-refractivity contribution in [2.45, 2.75) is 0 Å². The molecule has 0 fully saturated rings. The van der Waals surface area contributed by atoms with Crippen LogP contribution in [0.15, 0.2) is 24.3 Å². The Morgan fingerprint density at radius 1 is 1.31 bits per heavy atom. The Balaban J connectivity index is 0.00000225. The number of non-ortho nitro benzene ring substituents is 1. The second-order valence-corrected chi connectivity index (χ2v) is 3.83. The summed E-state index contributed by atoms with van der Waals surface area (Å²) in [5.41, 5.74) is -0.969. The van der Waals surface area contributed by atoms with Crippen LogP contribution in [0.25, 0.3) is 0 Å². The smallest absolute Gasteiger partial charge is 0.742 e. The van der Waals surface area contributed by atoms with Crippen LogP contribution in [0.2, 0.25) is 0 Å². The van der Waals surface area contributed by atoms with Gasteiger partial charge in [-0.2, -0.15) is 0 Å². The molecule has 80 valence electrons. The van der Waals surface area contributed by atoms with Crippen molar-refractivity contribution in [2.24, 2.45) is 0 Å². The van der Waals surface area contributed by atoms with Crippen LogP contribution < -0.4 is 29.6 Å². The van der Waals surface area contributed by atoms with Crippen molar-refractivity contribution in [3.8, 4) is 0 Å². The Morgan fingerprint density at radius 2 is 1.88 bits per heavy atom. The Hall–Kier alpha value is -0.800. The summed E-state index contributed by atoms with van der Waals surface area (Å²) in [7, 11) is -5.11. The largest absolute Gasteiger partial charge is 1.00 e. The molecule has 0 unspecified atom stereocenters. The fraction of sp³-hybridized carbons (Fsp3) is 0. The van der Waals surface area contributed by atoms with Gasteiger partial charge in [0.2, 0.25) is 0 Å². The quantitative estimate of drug-likeness (QED) is 0.244. The van der Waals surface area contributed by atoms with Gasteiger partial charge >= 0.3 is 29.6 Å². The number of nitrogens with zero attached hydrogens (tertiary/aromatic N) is 1. The zero-order valence-electron chi connectivity index (χ0n) is 8.11. The Bertz CT molecular complexity index is 525. The van der Waals surface area contributed by atoms with E-state index in [1.165, 1.54) is 0 Å². The van der Waals surface area contributed by atoms with E-state index in [2.05, 4.69) is 0 Å². The van der Waals surface area contributed by atoms with Gasteiger partial charge in [0.1, 0.15) is 0 Å². The number of benzene rings is 1. The van der Waals surface area contributed by atoms with Crippen LogP contribution in [-0.2, 0) is 10.1 Å². The molecule has 0 saturated carbocycles. The third kappa shape index (κ3) is 3.65. The van der Waals surface area contributed by atoms with Gasteiger partial charge in [-0.1, -0.05) is 6.07 Å². The number of nitro benzene ring substituents is 1. The van der Waals surface area contributed by atoms with Crippen LogP contribution in [-0.4, -0.2) is 23.0 Å². The van der Waals surface area contributed by atoms with Crippen molar-refractivity contribution in [3.05, 3.63) is 39.9 Å². The summed E-state index contributed by atoms with van der Waals surface area (Å²) in [6, 6.07) is 3.95. The second kappa shape index (κ2) is 5.51. The molecule has 0 aromatic heterocycles. The van der Waals surface area contributed by atoms with Gasteiger partial charge in [-0.25, -0.2) is 8.42 Å². The number of nitro groups is 1. The molecule has 0 atom stereocenters. The first kappa shape index (κ1) is 15.2. The van der Waals surface area contributed by atoms with E-state index >= 15 is 0 Å². The monoisotopic (exact) mass is 253 g/mol.